The Balaban J connectivity index is 1.95. The first-order valence-corrected chi connectivity index (χ1v) is 5.76. The highest BCUT2D eigenvalue weighted by molar-refractivity contribution is 5.56. The summed E-state index contributed by atoms with van der Waals surface area (Å²) in [5.41, 5.74) is 2.04. The maximum Gasteiger partial charge on any atom is 0.329 e. The Morgan fingerprint density at radius 3 is 3.00 bits per heavy atom. The van der Waals surface area contributed by atoms with Crippen LogP contribution in [0.2, 0.25) is 0 Å². The summed E-state index contributed by atoms with van der Waals surface area (Å²) in [6, 6.07) is 0. The van der Waals surface area contributed by atoms with Crippen molar-refractivity contribution in [3.05, 3.63) is 28.7 Å². The van der Waals surface area contributed by atoms with Crippen molar-refractivity contribution in [1.82, 2.24) is 25.0 Å². The van der Waals surface area contributed by atoms with Gasteiger partial charge in [-0.2, -0.15) is 4.98 Å². The molecule has 20 heavy (non-hydrogen) atoms. The summed E-state index contributed by atoms with van der Waals surface area (Å²) in [6.45, 7) is 1.13. The zero-order valence-corrected chi connectivity index (χ0v) is 10.4. The number of anilines is 2. The fraction of sp³-hybridized carbons (Fsp3) is 0.333. The Morgan fingerprint density at radius 1 is 1.50 bits per heavy atom. The largest absolute Gasteiger partial charge is 0.364 e. The SMILES string of the molecule is NNc1ncc([N+](=O)[O-])c(NCCCn2ccnn2)n1. The maximum absolute atomic E-state index is 10.9. The summed E-state index contributed by atoms with van der Waals surface area (Å²) in [6.07, 6.45) is 5.13. The highest BCUT2D eigenvalue weighted by Gasteiger charge is 2.16. The summed E-state index contributed by atoms with van der Waals surface area (Å²) in [5, 5.41) is 21.2. The number of hydrazine groups is 1. The van der Waals surface area contributed by atoms with Crippen LogP contribution in [0.1, 0.15) is 6.42 Å². The van der Waals surface area contributed by atoms with Gasteiger partial charge in [-0.15, -0.1) is 5.10 Å². The Hall–Kier alpha value is -2.82. The minimum atomic E-state index is -0.556. The molecule has 2 rings (SSSR count). The van der Waals surface area contributed by atoms with Gasteiger partial charge in [-0.1, -0.05) is 5.21 Å². The molecule has 0 saturated carbocycles. The third-order valence-electron chi connectivity index (χ3n) is 2.42. The highest BCUT2D eigenvalue weighted by atomic mass is 16.6. The molecule has 0 bridgehead atoms. The van der Waals surface area contributed by atoms with Crippen LogP contribution in [0.15, 0.2) is 18.6 Å². The lowest BCUT2D eigenvalue weighted by atomic mass is 10.4. The molecule has 0 unspecified atom stereocenters. The van der Waals surface area contributed by atoms with Crippen LogP contribution in [0.5, 0.6) is 0 Å². The first kappa shape index (κ1) is 13.6. The molecule has 0 aliphatic carbocycles. The second-order valence-electron chi connectivity index (χ2n) is 3.78. The Bertz CT molecular complexity index is 571. The number of aromatic nitrogens is 5. The summed E-state index contributed by atoms with van der Waals surface area (Å²) < 4.78 is 1.67. The number of rotatable bonds is 7. The third-order valence-corrected chi connectivity index (χ3v) is 2.42. The average molecular weight is 279 g/mol. The van der Waals surface area contributed by atoms with Crippen molar-refractivity contribution >= 4 is 17.5 Å². The molecule has 0 radical (unpaired) electrons. The van der Waals surface area contributed by atoms with E-state index in [-0.39, 0.29) is 17.5 Å². The van der Waals surface area contributed by atoms with Crippen LogP contribution in [-0.4, -0.2) is 36.4 Å². The van der Waals surface area contributed by atoms with Crippen molar-refractivity contribution in [1.29, 1.82) is 0 Å². The van der Waals surface area contributed by atoms with E-state index in [9.17, 15) is 10.1 Å². The molecule has 11 nitrogen and oxygen atoms in total. The summed E-state index contributed by atoms with van der Waals surface area (Å²) in [5.74, 6) is 5.40. The molecule has 0 amide bonds. The first-order chi connectivity index (χ1) is 9.70. The van der Waals surface area contributed by atoms with Crippen LogP contribution in [0, 0.1) is 10.1 Å². The van der Waals surface area contributed by atoms with Gasteiger partial charge < -0.3 is 5.32 Å². The number of nitro groups is 1. The molecule has 0 aliphatic rings. The average Bonchev–Trinajstić information content (AvgIpc) is 2.96. The number of aryl methyl sites for hydroxylation is 1. The molecule has 106 valence electrons. The van der Waals surface area contributed by atoms with Crippen LogP contribution < -0.4 is 16.6 Å². The number of hydrogen-bond donors (Lipinski definition) is 3. The Labute approximate surface area is 113 Å². The first-order valence-electron chi connectivity index (χ1n) is 5.76. The minimum Gasteiger partial charge on any atom is -0.364 e. The van der Waals surface area contributed by atoms with E-state index >= 15 is 0 Å². The van der Waals surface area contributed by atoms with Crippen LogP contribution in [0.4, 0.5) is 17.5 Å². The molecule has 0 saturated heterocycles. The molecule has 4 N–H and O–H groups in total. The molecule has 0 spiro atoms. The zero-order chi connectivity index (χ0) is 14.4. The van der Waals surface area contributed by atoms with E-state index < -0.39 is 4.92 Å². The molecule has 0 atom stereocenters. The van der Waals surface area contributed by atoms with Gasteiger partial charge in [-0.25, -0.2) is 10.8 Å². The lowest BCUT2D eigenvalue weighted by Crippen LogP contribution is -2.14. The van der Waals surface area contributed by atoms with E-state index in [0.29, 0.717) is 19.5 Å². The lowest BCUT2D eigenvalue weighted by Gasteiger charge is -2.07. The van der Waals surface area contributed by atoms with E-state index in [0.717, 1.165) is 6.20 Å². The fourth-order valence-corrected chi connectivity index (χ4v) is 1.51. The van der Waals surface area contributed by atoms with Crippen molar-refractivity contribution in [2.75, 3.05) is 17.3 Å². The molecular weight excluding hydrogens is 266 g/mol. The predicted octanol–water partition coefficient (Wildman–Crippen LogP) is -0.236. The van der Waals surface area contributed by atoms with Crippen LogP contribution in [0.3, 0.4) is 0 Å². The van der Waals surface area contributed by atoms with Crippen LogP contribution >= 0.6 is 0 Å². The van der Waals surface area contributed by atoms with E-state index in [1.54, 1.807) is 17.1 Å². The molecule has 0 fully saturated rings. The summed E-state index contributed by atoms with van der Waals surface area (Å²) in [4.78, 5) is 17.9. The summed E-state index contributed by atoms with van der Waals surface area (Å²) >= 11 is 0. The molecule has 2 heterocycles. The van der Waals surface area contributed by atoms with Crippen molar-refractivity contribution in [3.63, 3.8) is 0 Å². The van der Waals surface area contributed by atoms with Crippen molar-refractivity contribution in [3.8, 4) is 0 Å². The van der Waals surface area contributed by atoms with Gasteiger partial charge in [0, 0.05) is 19.3 Å². The number of nitrogens with zero attached hydrogens (tertiary/aromatic N) is 6. The van der Waals surface area contributed by atoms with Gasteiger partial charge in [0.15, 0.2) is 0 Å². The molecule has 0 aliphatic heterocycles. The van der Waals surface area contributed by atoms with E-state index in [4.69, 9.17) is 5.84 Å². The van der Waals surface area contributed by atoms with Crippen molar-refractivity contribution < 1.29 is 4.92 Å². The topological polar surface area (TPSA) is 150 Å². The second-order valence-corrected chi connectivity index (χ2v) is 3.78. The number of nitrogens with one attached hydrogen (secondary N) is 2. The number of hydrogen-bond acceptors (Lipinski definition) is 9. The highest BCUT2D eigenvalue weighted by Crippen LogP contribution is 2.21. The van der Waals surface area contributed by atoms with Gasteiger partial charge in [0.05, 0.1) is 11.1 Å². The van der Waals surface area contributed by atoms with E-state index in [1.165, 1.54) is 0 Å². The van der Waals surface area contributed by atoms with Gasteiger partial charge in [0.1, 0.15) is 6.20 Å². The van der Waals surface area contributed by atoms with Gasteiger partial charge in [-0.05, 0) is 6.42 Å². The molecule has 2 aromatic rings. The van der Waals surface area contributed by atoms with Gasteiger partial charge >= 0.3 is 5.69 Å². The normalized spacial score (nSPS) is 10.2. The smallest absolute Gasteiger partial charge is 0.329 e. The predicted molar refractivity (Wildman–Crippen MR) is 69.6 cm³/mol. The summed E-state index contributed by atoms with van der Waals surface area (Å²) in [7, 11) is 0. The van der Waals surface area contributed by atoms with Crippen molar-refractivity contribution in [2.45, 2.75) is 13.0 Å². The molecular formula is C9H13N9O2. The standard InChI is InChI=1S/C9H13N9O2/c10-15-9-12-6-7(18(19)20)8(14-9)11-2-1-4-17-5-3-13-16-17/h3,5-6H,1-2,4,10H2,(H2,11,12,14,15). The molecule has 0 aromatic carbocycles. The van der Waals surface area contributed by atoms with Gasteiger partial charge in [0.25, 0.3) is 0 Å². The third kappa shape index (κ3) is 3.35. The quantitative estimate of drug-likeness (QED) is 0.270. The zero-order valence-electron chi connectivity index (χ0n) is 10.4. The Morgan fingerprint density at radius 2 is 2.35 bits per heavy atom. The van der Waals surface area contributed by atoms with Gasteiger partial charge in [0.2, 0.25) is 11.8 Å². The number of nitrogen functional groups attached to an aromatic ring is 1. The number of nitrogens with two attached hydrogens (primary N) is 1. The lowest BCUT2D eigenvalue weighted by molar-refractivity contribution is -0.384. The van der Waals surface area contributed by atoms with Crippen molar-refractivity contribution in [2.24, 2.45) is 5.84 Å². The molecule has 11 heteroatoms. The second kappa shape index (κ2) is 6.38. The fourth-order valence-electron chi connectivity index (χ4n) is 1.51. The molecule has 2 aromatic heterocycles. The minimum absolute atomic E-state index is 0.106. The van der Waals surface area contributed by atoms with E-state index in [2.05, 4.69) is 31.0 Å². The van der Waals surface area contributed by atoms with E-state index in [1.807, 2.05) is 0 Å². The van der Waals surface area contributed by atoms with Gasteiger partial charge in [-0.3, -0.25) is 20.2 Å². The monoisotopic (exact) mass is 279 g/mol. The maximum atomic E-state index is 10.9. The van der Waals surface area contributed by atoms with Crippen LogP contribution in [0.25, 0.3) is 0 Å². The van der Waals surface area contributed by atoms with Crippen LogP contribution in [-0.2, 0) is 6.54 Å². The Kier molecular flexibility index (Phi) is 4.34.